The Morgan fingerprint density at radius 1 is 1.25 bits per heavy atom. The zero-order valence-corrected chi connectivity index (χ0v) is 10.1. The Morgan fingerprint density at radius 3 is 2.44 bits per heavy atom. The van der Waals surface area contributed by atoms with Crippen molar-refractivity contribution >= 4 is 16.0 Å². The van der Waals surface area contributed by atoms with Gasteiger partial charge < -0.3 is 5.11 Å². The molecule has 0 unspecified atom stereocenters. The topological polar surface area (TPSA) is 83.5 Å². The molecule has 1 saturated carbocycles. The molecule has 0 atom stereocenters. The molecule has 0 spiro atoms. The van der Waals surface area contributed by atoms with Crippen molar-refractivity contribution < 1.29 is 18.3 Å². The van der Waals surface area contributed by atoms with E-state index in [2.05, 4.69) is 4.72 Å². The summed E-state index contributed by atoms with van der Waals surface area (Å²) in [6.07, 6.45) is 6.49. The van der Waals surface area contributed by atoms with Crippen LogP contribution >= 0.6 is 0 Å². The molecule has 94 valence electrons. The SMILES string of the molecule is O=C(O)CNS(=O)(=O)CCC1CCCCC1. The van der Waals surface area contributed by atoms with Crippen LogP contribution in [0.1, 0.15) is 38.5 Å². The molecule has 0 aromatic rings. The molecule has 1 aliphatic carbocycles. The second-order valence-corrected chi connectivity index (χ2v) is 6.25. The molecule has 0 saturated heterocycles. The average molecular weight is 249 g/mol. The molecule has 2 N–H and O–H groups in total. The van der Waals surface area contributed by atoms with Gasteiger partial charge in [-0.05, 0) is 12.3 Å². The van der Waals surface area contributed by atoms with E-state index >= 15 is 0 Å². The number of aliphatic carboxylic acids is 1. The zero-order valence-electron chi connectivity index (χ0n) is 9.31. The predicted octanol–water partition coefficient (Wildman–Crippen LogP) is 0.961. The molecule has 0 bridgehead atoms. The predicted molar refractivity (Wildman–Crippen MR) is 60.6 cm³/mol. The van der Waals surface area contributed by atoms with Gasteiger partial charge in [-0.3, -0.25) is 4.79 Å². The summed E-state index contributed by atoms with van der Waals surface area (Å²) in [6.45, 7) is -0.521. The number of hydrogen-bond donors (Lipinski definition) is 2. The lowest BCUT2D eigenvalue weighted by atomic mass is 9.88. The second kappa shape index (κ2) is 6.20. The Morgan fingerprint density at radius 2 is 1.88 bits per heavy atom. The van der Waals surface area contributed by atoms with E-state index in [0.717, 1.165) is 12.8 Å². The van der Waals surface area contributed by atoms with Gasteiger partial charge in [-0.15, -0.1) is 0 Å². The molecule has 0 radical (unpaired) electrons. The quantitative estimate of drug-likeness (QED) is 0.734. The molecular formula is C10H19NO4S. The molecule has 5 nitrogen and oxygen atoms in total. The Hall–Kier alpha value is -0.620. The zero-order chi connectivity index (χ0) is 12.0. The number of carboxylic acids is 1. The van der Waals surface area contributed by atoms with Gasteiger partial charge in [0, 0.05) is 0 Å². The minimum Gasteiger partial charge on any atom is -0.480 e. The van der Waals surface area contributed by atoms with E-state index in [1.165, 1.54) is 19.3 Å². The van der Waals surface area contributed by atoms with Crippen LogP contribution in [0.2, 0.25) is 0 Å². The van der Waals surface area contributed by atoms with Gasteiger partial charge in [0.05, 0.1) is 5.75 Å². The van der Waals surface area contributed by atoms with Gasteiger partial charge in [0.25, 0.3) is 0 Å². The normalized spacial score (nSPS) is 18.5. The van der Waals surface area contributed by atoms with E-state index in [1.54, 1.807) is 0 Å². The van der Waals surface area contributed by atoms with Gasteiger partial charge in [-0.1, -0.05) is 32.1 Å². The molecule has 0 amide bonds. The number of carboxylic acid groups (broad SMARTS) is 1. The smallest absolute Gasteiger partial charge is 0.318 e. The van der Waals surface area contributed by atoms with Crippen molar-refractivity contribution in [1.29, 1.82) is 0 Å². The van der Waals surface area contributed by atoms with E-state index in [0.29, 0.717) is 12.3 Å². The van der Waals surface area contributed by atoms with Crippen molar-refractivity contribution in [3.8, 4) is 0 Å². The highest BCUT2D eigenvalue weighted by Crippen LogP contribution is 2.26. The summed E-state index contributed by atoms with van der Waals surface area (Å²) in [5.74, 6) is -0.610. The number of hydrogen-bond acceptors (Lipinski definition) is 3. The van der Waals surface area contributed by atoms with Crippen LogP contribution < -0.4 is 4.72 Å². The summed E-state index contributed by atoms with van der Waals surface area (Å²) in [5.41, 5.74) is 0. The second-order valence-electron chi connectivity index (χ2n) is 4.33. The molecule has 16 heavy (non-hydrogen) atoms. The summed E-state index contributed by atoms with van der Waals surface area (Å²) >= 11 is 0. The maximum absolute atomic E-state index is 11.4. The van der Waals surface area contributed by atoms with Gasteiger partial charge in [-0.25, -0.2) is 13.1 Å². The lowest BCUT2D eigenvalue weighted by Crippen LogP contribution is -2.32. The van der Waals surface area contributed by atoms with Crippen LogP contribution in [0, 0.1) is 5.92 Å². The molecule has 1 rings (SSSR count). The van der Waals surface area contributed by atoms with E-state index < -0.39 is 22.5 Å². The number of nitrogens with one attached hydrogen (secondary N) is 1. The fourth-order valence-corrected chi connectivity index (χ4v) is 3.17. The Kier molecular flexibility index (Phi) is 5.21. The molecule has 0 heterocycles. The summed E-state index contributed by atoms with van der Waals surface area (Å²) in [4.78, 5) is 10.2. The van der Waals surface area contributed by atoms with Gasteiger partial charge in [0.1, 0.15) is 6.54 Å². The molecular weight excluding hydrogens is 230 g/mol. The fraction of sp³-hybridized carbons (Fsp3) is 0.900. The Labute approximate surface area is 96.3 Å². The van der Waals surface area contributed by atoms with Gasteiger partial charge in [0.15, 0.2) is 0 Å². The molecule has 0 aromatic carbocycles. The highest BCUT2D eigenvalue weighted by atomic mass is 32.2. The number of sulfonamides is 1. The third kappa shape index (κ3) is 5.46. The molecule has 0 aromatic heterocycles. The van der Waals surface area contributed by atoms with Crippen LogP contribution in [0.3, 0.4) is 0 Å². The van der Waals surface area contributed by atoms with Crippen LogP contribution in [0.5, 0.6) is 0 Å². The van der Waals surface area contributed by atoms with Crippen molar-refractivity contribution in [2.45, 2.75) is 38.5 Å². The number of rotatable bonds is 6. The monoisotopic (exact) mass is 249 g/mol. The minimum atomic E-state index is -3.41. The standard InChI is InChI=1S/C10H19NO4S/c12-10(13)8-11-16(14,15)7-6-9-4-2-1-3-5-9/h9,11H,1-8H2,(H,12,13). The van der Waals surface area contributed by atoms with E-state index in [4.69, 9.17) is 5.11 Å². The van der Waals surface area contributed by atoms with Crippen LogP contribution in [0.4, 0.5) is 0 Å². The molecule has 1 fully saturated rings. The highest BCUT2D eigenvalue weighted by molar-refractivity contribution is 7.89. The van der Waals surface area contributed by atoms with E-state index in [9.17, 15) is 13.2 Å². The van der Waals surface area contributed by atoms with Crippen LogP contribution in [-0.2, 0) is 14.8 Å². The summed E-state index contributed by atoms with van der Waals surface area (Å²) in [6, 6.07) is 0. The first-order valence-corrected chi connectivity index (χ1v) is 7.34. The summed E-state index contributed by atoms with van der Waals surface area (Å²) in [5, 5.41) is 8.37. The Bertz CT molecular complexity index is 320. The summed E-state index contributed by atoms with van der Waals surface area (Å²) < 4.78 is 24.9. The minimum absolute atomic E-state index is 0.0466. The van der Waals surface area contributed by atoms with E-state index in [1.807, 2.05) is 0 Å². The van der Waals surface area contributed by atoms with E-state index in [-0.39, 0.29) is 5.75 Å². The first kappa shape index (κ1) is 13.4. The maximum atomic E-state index is 11.4. The summed E-state index contributed by atoms with van der Waals surface area (Å²) in [7, 11) is -3.41. The maximum Gasteiger partial charge on any atom is 0.318 e. The Balaban J connectivity index is 2.26. The van der Waals surface area contributed by atoms with Crippen LogP contribution in [-0.4, -0.2) is 31.8 Å². The van der Waals surface area contributed by atoms with Gasteiger partial charge >= 0.3 is 5.97 Å². The van der Waals surface area contributed by atoms with Gasteiger partial charge in [0.2, 0.25) is 10.0 Å². The van der Waals surface area contributed by atoms with Gasteiger partial charge in [-0.2, -0.15) is 0 Å². The van der Waals surface area contributed by atoms with Crippen LogP contribution in [0.25, 0.3) is 0 Å². The number of carbonyl (C=O) groups is 1. The highest BCUT2D eigenvalue weighted by Gasteiger charge is 2.18. The average Bonchev–Trinajstić information content (AvgIpc) is 2.26. The first-order valence-electron chi connectivity index (χ1n) is 5.69. The largest absolute Gasteiger partial charge is 0.480 e. The first-order chi connectivity index (χ1) is 7.49. The fourth-order valence-electron chi connectivity index (χ4n) is 2.04. The van der Waals surface area contributed by atoms with Crippen molar-refractivity contribution in [3.05, 3.63) is 0 Å². The third-order valence-corrected chi connectivity index (χ3v) is 4.32. The lowest BCUT2D eigenvalue weighted by Gasteiger charge is -2.21. The van der Waals surface area contributed by atoms with Crippen molar-refractivity contribution in [2.24, 2.45) is 5.92 Å². The molecule has 1 aliphatic rings. The third-order valence-electron chi connectivity index (χ3n) is 2.96. The van der Waals surface area contributed by atoms with Crippen molar-refractivity contribution in [1.82, 2.24) is 4.72 Å². The van der Waals surface area contributed by atoms with Crippen molar-refractivity contribution in [3.63, 3.8) is 0 Å². The van der Waals surface area contributed by atoms with Crippen LogP contribution in [0.15, 0.2) is 0 Å². The molecule has 6 heteroatoms. The van der Waals surface area contributed by atoms with Crippen molar-refractivity contribution in [2.75, 3.05) is 12.3 Å². The lowest BCUT2D eigenvalue weighted by molar-refractivity contribution is -0.135. The molecule has 0 aliphatic heterocycles.